The molecule has 3 rings (SSSR count). The number of carbonyl (C=O) groups excluding carboxylic acids is 2. The second kappa shape index (κ2) is 13.1. The average Bonchev–Trinajstić information content (AvgIpc) is 2.82. The number of nitrogens with one attached hydrogen (secondary N) is 1. The fourth-order valence-corrected chi connectivity index (χ4v) is 4.08. The highest BCUT2D eigenvalue weighted by Gasteiger charge is 2.16. The molecule has 0 atom stereocenters. The molecule has 3 aromatic carbocycles. The highest BCUT2D eigenvalue weighted by atomic mass is 35.5. The SMILES string of the molecule is CCCCCCCCC(=O)N/N=C\c1c(OC(=O)c2ccc(Cl)cc2Cl)ccc2ccccc12. The van der Waals surface area contributed by atoms with Crippen molar-refractivity contribution in [3.8, 4) is 5.75 Å². The van der Waals surface area contributed by atoms with Crippen molar-refractivity contribution in [3.63, 3.8) is 0 Å². The van der Waals surface area contributed by atoms with E-state index >= 15 is 0 Å². The van der Waals surface area contributed by atoms with E-state index in [0.29, 0.717) is 22.8 Å². The molecule has 0 heterocycles. The quantitative estimate of drug-likeness (QED) is 0.0973. The highest BCUT2D eigenvalue weighted by Crippen LogP contribution is 2.29. The molecule has 0 aliphatic carbocycles. The van der Waals surface area contributed by atoms with Crippen LogP contribution in [0.4, 0.5) is 0 Å². The molecule has 0 bridgehead atoms. The van der Waals surface area contributed by atoms with Crippen molar-refractivity contribution in [3.05, 3.63) is 75.8 Å². The number of rotatable bonds is 11. The zero-order valence-corrected chi connectivity index (χ0v) is 20.7. The number of carbonyl (C=O) groups is 2. The molecule has 0 fully saturated rings. The Morgan fingerprint density at radius 3 is 2.53 bits per heavy atom. The number of benzene rings is 3. The van der Waals surface area contributed by atoms with Crippen LogP contribution in [0.25, 0.3) is 10.8 Å². The van der Waals surface area contributed by atoms with Crippen molar-refractivity contribution >= 4 is 52.1 Å². The van der Waals surface area contributed by atoms with Crippen LogP contribution in [0.3, 0.4) is 0 Å². The van der Waals surface area contributed by atoms with Gasteiger partial charge in [-0.15, -0.1) is 0 Å². The predicted molar refractivity (Wildman–Crippen MR) is 139 cm³/mol. The number of halogens is 2. The molecule has 0 aliphatic heterocycles. The number of fused-ring (bicyclic) bond motifs is 1. The van der Waals surface area contributed by atoms with E-state index in [-0.39, 0.29) is 16.5 Å². The van der Waals surface area contributed by atoms with E-state index < -0.39 is 5.97 Å². The first kappa shape index (κ1) is 25.7. The molecule has 3 aromatic rings. The van der Waals surface area contributed by atoms with Gasteiger partial charge in [0.1, 0.15) is 5.75 Å². The number of nitrogens with zero attached hydrogens (tertiary/aromatic N) is 1. The fraction of sp³-hybridized carbons (Fsp3) is 0.296. The molecule has 0 spiro atoms. The molecule has 0 saturated heterocycles. The van der Waals surface area contributed by atoms with E-state index in [4.69, 9.17) is 27.9 Å². The zero-order valence-electron chi connectivity index (χ0n) is 19.2. The summed E-state index contributed by atoms with van der Waals surface area (Å²) in [5.41, 5.74) is 3.36. The Morgan fingerprint density at radius 2 is 1.74 bits per heavy atom. The topological polar surface area (TPSA) is 67.8 Å². The third kappa shape index (κ3) is 7.31. The maximum Gasteiger partial charge on any atom is 0.345 e. The number of unbranched alkanes of at least 4 members (excludes halogenated alkanes) is 5. The van der Waals surface area contributed by atoms with Gasteiger partial charge in [0.25, 0.3) is 0 Å². The summed E-state index contributed by atoms with van der Waals surface area (Å²) in [6.45, 7) is 2.18. The van der Waals surface area contributed by atoms with E-state index in [1.807, 2.05) is 30.3 Å². The second-order valence-corrected chi connectivity index (χ2v) is 8.87. The molecule has 0 unspecified atom stereocenters. The van der Waals surface area contributed by atoms with Crippen molar-refractivity contribution < 1.29 is 14.3 Å². The Balaban J connectivity index is 1.72. The second-order valence-electron chi connectivity index (χ2n) is 8.02. The van der Waals surface area contributed by atoms with Gasteiger partial charge in [0.15, 0.2) is 0 Å². The maximum absolute atomic E-state index is 12.8. The number of hydrogen-bond donors (Lipinski definition) is 1. The molecular formula is C27H28Cl2N2O3. The van der Waals surface area contributed by atoms with Crippen LogP contribution in [0.2, 0.25) is 10.0 Å². The van der Waals surface area contributed by atoms with Gasteiger partial charge in [-0.3, -0.25) is 4.79 Å². The molecule has 1 N–H and O–H groups in total. The Bertz CT molecular complexity index is 1180. The minimum atomic E-state index is -0.612. The summed E-state index contributed by atoms with van der Waals surface area (Å²) in [4.78, 5) is 24.9. The van der Waals surface area contributed by atoms with Crippen molar-refractivity contribution in [2.45, 2.75) is 51.9 Å². The van der Waals surface area contributed by atoms with Gasteiger partial charge in [0.05, 0.1) is 16.8 Å². The molecule has 7 heteroatoms. The lowest BCUT2D eigenvalue weighted by Gasteiger charge is -2.11. The van der Waals surface area contributed by atoms with E-state index in [0.717, 1.165) is 30.0 Å². The third-order valence-corrected chi connectivity index (χ3v) is 5.97. The number of esters is 1. The summed E-state index contributed by atoms with van der Waals surface area (Å²) < 4.78 is 5.66. The fourth-order valence-electron chi connectivity index (χ4n) is 3.60. The average molecular weight is 499 g/mol. The van der Waals surface area contributed by atoms with Crippen LogP contribution in [0.1, 0.15) is 67.8 Å². The molecule has 34 heavy (non-hydrogen) atoms. The van der Waals surface area contributed by atoms with Crippen molar-refractivity contribution in [2.75, 3.05) is 0 Å². The van der Waals surface area contributed by atoms with Crippen LogP contribution < -0.4 is 10.2 Å². The molecule has 0 aromatic heterocycles. The number of hydrazone groups is 1. The lowest BCUT2D eigenvalue weighted by Crippen LogP contribution is -2.17. The molecule has 178 valence electrons. The highest BCUT2D eigenvalue weighted by molar-refractivity contribution is 6.36. The van der Waals surface area contributed by atoms with Crippen molar-refractivity contribution in [2.24, 2.45) is 5.10 Å². The molecule has 0 radical (unpaired) electrons. The number of amides is 1. The van der Waals surface area contributed by atoms with Crippen LogP contribution in [0.15, 0.2) is 59.7 Å². The molecule has 0 saturated carbocycles. The van der Waals surface area contributed by atoms with Gasteiger partial charge in [-0.25, -0.2) is 10.2 Å². The van der Waals surface area contributed by atoms with E-state index in [1.54, 1.807) is 12.1 Å². The summed E-state index contributed by atoms with van der Waals surface area (Å²) in [5.74, 6) is -0.444. The standard InChI is InChI=1S/C27H28Cl2N2O3/c1-2-3-4-5-6-7-12-26(32)31-30-18-23-21-11-9-8-10-19(21)13-16-25(23)34-27(33)22-15-14-20(28)17-24(22)29/h8-11,13-18H,2-7,12H2,1H3,(H,31,32)/b30-18-. The monoisotopic (exact) mass is 498 g/mol. The minimum absolute atomic E-state index is 0.140. The van der Waals surface area contributed by atoms with E-state index in [2.05, 4.69) is 17.5 Å². The third-order valence-electron chi connectivity index (χ3n) is 5.42. The predicted octanol–water partition coefficient (Wildman–Crippen LogP) is 7.57. The summed E-state index contributed by atoms with van der Waals surface area (Å²) in [5, 5.41) is 6.55. The van der Waals surface area contributed by atoms with Gasteiger partial charge in [0, 0.05) is 17.0 Å². The first-order chi connectivity index (χ1) is 16.5. The van der Waals surface area contributed by atoms with Crippen LogP contribution in [-0.4, -0.2) is 18.1 Å². The zero-order chi connectivity index (χ0) is 24.3. The lowest BCUT2D eigenvalue weighted by molar-refractivity contribution is -0.121. The van der Waals surface area contributed by atoms with Crippen LogP contribution in [0, 0.1) is 0 Å². The molecule has 0 aliphatic rings. The van der Waals surface area contributed by atoms with Gasteiger partial charge in [0.2, 0.25) is 5.91 Å². The number of ether oxygens (including phenoxy) is 1. The van der Waals surface area contributed by atoms with Crippen molar-refractivity contribution in [1.29, 1.82) is 0 Å². The smallest absolute Gasteiger partial charge is 0.345 e. The summed E-state index contributed by atoms with van der Waals surface area (Å²) in [6, 6.07) is 15.8. The van der Waals surface area contributed by atoms with Gasteiger partial charge >= 0.3 is 5.97 Å². The summed E-state index contributed by atoms with van der Waals surface area (Å²) in [6.07, 6.45) is 8.60. The van der Waals surface area contributed by atoms with Crippen LogP contribution >= 0.6 is 23.2 Å². The number of hydrogen-bond acceptors (Lipinski definition) is 4. The van der Waals surface area contributed by atoms with Gasteiger partial charge in [-0.05, 0) is 41.5 Å². The van der Waals surface area contributed by atoms with Crippen LogP contribution in [0.5, 0.6) is 5.75 Å². The van der Waals surface area contributed by atoms with E-state index in [1.165, 1.54) is 37.6 Å². The Morgan fingerprint density at radius 1 is 0.971 bits per heavy atom. The largest absolute Gasteiger partial charge is 0.422 e. The van der Waals surface area contributed by atoms with E-state index in [9.17, 15) is 9.59 Å². The molecular weight excluding hydrogens is 471 g/mol. The summed E-state index contributed by atoms with van der Waals surface area (Å²) in [7, 11) is 0. The van der Waals surface area contributed by atoms with Crippen molar-refractivity contribution in [1.82, 2.24) is 5.43 Å². The Hall–Kier alpha value is -2.89. The molecule has 5 nitrogen and oxygen atoms in total. The minimum Gasteiger partial charge on any atom is -0.422 e. The summed E-state index contributed by atoms with van der Waals surface area (Å²) >= 11 is 12.1. The first-order valence-corrected chi connectivity index (χ1v) is 12.3. The maximum atomic E-state index is 12.8. The Kier molecular flexibility index (Phi) is 9.92. The molecule has 1 amide bonds. The van der Waals surface area contributed by atoms with Crippen LogP contribution in [-0.2, 0) is 4.79 Å². The van der Waals surface area contributed by atoms with Gasteiger partial charge in [-0.1, -0.05) is 92.6 Å². The normalized spacial score (nSPS) is 11.1. The Labute approximate surface area is 210 Å². The van der Waals surface area contributed by atoms with Gasteiger partial charge < -0.3 is 4.74 Å². The first-order valence-electron chi connectivity index (χ1n) is 11.5. The van der Waals surface area contributed by atoms with Gasteiger partial charge in [-0.2, -0.15) is 5.10 Å². The lowest BCUT2D eigenvalue weighted by atomic mass is 10.0.